The van der Waals surface area contributed by atoms with Crippen LogP contribution in [0, 0.1) is 5.82 Å². The smallest absolute Gasteiger partial charge is 0.340 e. The van der Waals surface area contributed by atoms with E-state index in [2.05, 4.69) is 20.5 Å². The monoisotopic (exact) mass is 358 g/mol. The molecule has 0 fully saturated rings. The number of nitrogens with one attached hydrogen (secondary N) is 3. The Balaban J connectivity index is 1.58. The Morgan fingerprint density at radius 2 is 2.00 bits per heavy atom. The standard InChI is InChI=1S/C18H19FN4O3/c1-25-16-8-12(9-20-10-17-21-18(24)23-22-17)5-6-15(16)26-11-13-3-2-4-14(19)7-13/h2-8,20H,9-11H2,1H3,(H2,21,22,23,24). The molecule has 3 N–H and O–H groups in total. The third-order valence-corrected chi connectivity index (χ3v) is 3.68. The van der Waals surface area contributed by atoms with Crippen molar-refractivity contribution in [2.75, 3.05) is 7.11 Å². The normalized spacial score (nSPS) is 10.7. The van der Waals surface area contributed by atoms with E-state index in [1.165, 1.54) is 12.1 Å². The van der Waals surface area contributed by atoms with Crippen LogP contribution in [-0.4, -0.2) is 22.3 Å². The number of aromatic nitrogens is 3. The molecule has 2 aromatic carbocycles. The predicted molar refractivity (Wildman–Crippen MR) is 93.5 cm³/mol. The van der Waals surface area contributed by atoms with Crippen LogP contribution in [0.5, 0.6) is 11.5 Å². The molecule has 0 saturated heterocycles. The third kappa shape index (κ3) is 4.70. The molecule has 136 valence electrons. The van der Waals surface area contributed by atoms with Gasteiger partial charge in [0.05, 0.1) is 13.7 Å². The highest BCUT2D eigenvalue weighted by molar-refractivity contribution is 5.43. The summed E-state index contributed by atoms with van der Waals surface area (Å²) in [6, 6.07) is 11.9. The zero-order chi connectivity index (χ0) is 18.4. The Hall–Kier alpha value is -3.13. The largest absolute Gasteiger partial charge is 0.493 e. The van der Waals surface area contributed by atoms with Crippen LogP contribution in [0.15, 0.2) is 47.3 Å². The van der Waals surface area contributed by atoms with Crippen molar-refractivity contribution in [3.63, 3.8) is 0 Å². The number of methoxy groups -OCH3 is 1. The van der Waals surface area contributed by atoms with Gasteiger partial charge in [0, 0.05) is 6.54 Å². The van der Waals surface area contributed by atoms with Crippen LogP contribution in [0.3, 0.4) is 0 Å². The van der Waals surface area contributed by atoms with E-state index in [4.69, 9.17) is 9.47 Å². The van der Waals surface area contributed by atoms with Gasteiger partial charge in [-0.15, -0.1) is 0 Å². The second kappa shape index (κ2) is 8.30. The minimum absolute atomic E-state index is 0.248. The van der Waals surface area contributed by atoms with E-state index in [1.54, 1.807) is 19.2 Å². The molecule has 0 aliphatic heterocycles. The van der Waals surface area contributed by atoms with Crippen LogP contribution in [-0.2, 0) is 19.7 Å². The van der Waals surface area contributed by atoms with Crippen LogP contribution in [0.1, 0.15) is 17.0 Å². The molecule has 0 bridgehead atoms. The van der Waals surface area contributed by atoms with Gasteiger partial charge in [0.25, 0.3) is 0 Å². The Bertz CT molecular complexity index is 923. The summed E-state index contributed by atoms with van der Waals surface area (Å²) in [7, 11) is 1.57. The lowest BCUT2D eigenvalue weighted by molar-refractivity contribution is 0.284. The highest BCUT2D eigenvalue weighted by Gasteiger charge is 2.07. The molecule has 0 atom stereocenters. The van der Waals surface area contributed by atoms with E-state index in [1.807, 2.05) is 18.2 Å². The molecule has 0 unspecified atom stereocenters. The second-order valence-corrected chi connectivity index (χ2v) is 5.63. The number of halogens is 1. The maximum absolute atomic E-state index is 13.2. The van der Waals surface area contributed by atoms with E-state index < -0.39 is 0 Å². The van der Waals surface area contributed by atoms with Crippen LogP contribution < -0.4 is 20.5 Å². The van der Waals surface area contributed by atoms with Gasteiger partial charge in [0.2, 0.25) is 0 Å². The molecule has 8 heteroatoms. The second-order valence-electron chi connectivity index (χ2n) is 5.63. The van der Waals surface area contributed by atoms with E-state index in [9.17, 15) is 9.18 Å². The molecule has 3 rings (SSSR count). The Morgan fingerprint density at radius 3 is 2.73 bits per heavy atom. The summed E-state index contributed by atoms with van der Waals surface area (Å²) in [6.45, 7) is 1.24. The van der Waals surface area contributed by atoms with Crippen molar-refractivity contribution in [1.29, 1.82) is 0 Å². The van der Waals surface area contributed by atoms with Crippen molar-refractivity contribution >= 4 is 0 Å². The minimum Gasteiger partial charge on any atom is -0.493 e. The average Bonchev–Trinajstić information content (AvgIpc) is 3.05. The topological polar surface area (TPSA) is 92.0 Å². The number of ether oxygens (including phenoxy) is 2. The Kier molecular flexibility index (Phi) is 5.65. The van der Waals surface area contributed by atoms with Gasteiger partial charge >= 0.3 is 5.69 Å². The molecular weight excluding hydrogens is 339 g/mol. The predicted octanol–water partition coefficient (Wildman–Crippen LogP) is 2.11. The van der Waals surface area contributed by atoms with E-state index in [0.717, 1.165) is 11.1 Å². The van der Waals surface area contributed by atoms with Crippen molar-refractivity contribution in [3.05, 3.63) is 75.7 Å². The SMILES string of the molecule is COc1cc(CNCc2n[nH]c(=O)[nH]2)ccc1OCc1cccc(F)c1. The molecule has 26 heavy (non-hydrogen) atoms. The number of hydrogen-bond donors (Lipinski definition) is 3. The van der Waals surface area contributed by atoms with Gasteiger partial charge in [-0.3, -0.25) is 4.98 Å². The van der Waals surface area contributed by atoms with Crippen LogP contribution in [0.2, 0.25) is 0 Å². The quantitative estimate of drug-likeness (QED) is 0.574. The van der Waals surface area contributed by atoms with Crippen molar-refractivity contribution in [1.82, 2.24) is 20.5 Å². The Morgan fingerprint density at radius 1 is 1.12 bits per heavy atom. The number of nitrogens with zero attached hydrogens (tertiary/aromatic N) is 1. The number of hydrogen-bond acceptors (Lipinski definition) is 5. The fraction of sp³-hybridized carbons (Fsp3) is 0.222. The highest BCUT2D eigenvalue weighted by atomic mass is 19.1. The first-order valence-electron chi connectivity index (χ1n) is 8.02. The fourth-order valence-electron chi connectivity index (χ4n) is 2.44. The maximum Gasteiger partial charge on any atom is 0.340 e. The first-order chi connectivity index (χ1) is 12.6. The summed E-state index contributed by atoms with van der Waals surface area (Å²) in [4.78, 5) is 13.5. The maximum atomic E-state index is 13.2. The minimum atomic E-state index is -0.330. The molecule has 0 radical (unpaired) electrons. The lowest BCUT2D eigenvalue weighted by atomic mass is 10.2. The van der Waals surface area contributed by atoms with Crippen molar-refractivity contribution in [2.24, 2.45) is 0 Å². The summed E-state index contributed by atoms with van der Waals surface area (Å²) < 4.78 is 24.3. The highest BCUT2D eigenvalue weighted by Crippen LogP contribution is 2.29. The molecule has 0 aliphatic rings. The zero-order valence-corrected chi connectivity index (χ0v) is 14.2. The van der Waals surface area contributed by atoms with Crippen molar-refractivity contribution in [3.8, 4) is 11.5 Å². The number of H-pyrrole nitrogens is 2. The van der Waals surface area contributed by atoms with Crippen LogP contribution in [0.4, 0.5) is 4.39 Å². The first kappa shape index (κ1) is 17.7. The van der Waals surface area contributed by atoms with Gasteiger partial charge in [-0.05, 0) is 35.4 Å². The zero-order valence-electron chi connectivity index (χ0n) is 14.2. The summed E-state index contributed by atoms with van der Waals surface area (Å²) in [6.07, 6.45) is 0. The summed E-state index contributed by atoms with van der Waals surface area (Å²) >= 11 is 0. The molecule has 7 nitrogen and oxygen atoms in total. The lowest BCUT2D eigenvalue weighted by Gasteiger charge is -2.12. The van der Waals surface area contributed by atoms with Gasteiger partial charge in [0.15, 0.2) is 11.5 Å². The first-order valence-corrected chi connectivity index (χ1v) is 8.02. The van der Waals surface area contributed by atoms with Gasteiger partial charge < -0.3 is 14.8 Å². The number of benzene rings is 2. The van der Waals surface area contributed by atoms with Crippen LogP contribution in [0.25, 0.3) is 0 Å². The number of aromatic amines is 2. The van der Waals surface area contributed by atoms with Crippen molar-refractivity contribution in [2.45, 2.75) is 19.7 Å². The average molecular weight is 358 g/mol. The van der Waals surface area contributed by atoms with Crippen molar-refractivity contribution < 1.29 is 13.9 Å². The molecule has 0 spiro atoms. The van der Waals surface area contributed by atoms with Gasteiger partial charge in [-0.25, -0.2) is 14.3 Å². The molecule has 3 aromatic rings. The molecule has 1 heterocycles. The van der Waals surface area contributed by atoms with Gasteiger partial charge in [-0.1, -0.05) is 18.2 Å². The van der Waals surface area contributed by atoms with E-state index in [-0.39, 0.29) is 18.1 Å². The lowest BCUT2D eigenvalue weighted by Crippen LogP contribution is -2.14. The summed E-state index contributed by atoms with van der Waals surface area (Å²) in [5.41, 5.74) is 1.40. The fourth-order valence-corrected chi connectivity index (χ4v) is 2.44. The molecule has 1 aromatic heterocycles. The summed E-state index contributed by atoms with van der Waals surface area (Å²) in [5, 5.41) is 9.32. The third-order valence-electron chi connectivity index (χ3n) is 3.68. The van der Waals surface area contributed by atoms with E-state index in [0.29, 0.717) is 30.4 Å². The van der Waals surface area contributed by atoms with Crippen LogP contribution >= 0.6 is 0 Å². The molecule has 0 aliphatic carbocycles. The number of rotatable bonds is 8. The van der Waals surface area contributed by atoms with Gasteiger partial charge in [-0.2, -0.15) is 5.10 Å². The molecule has 0 saturated carbocycles. The molecule has 0 amide bonds. The molecular formula is C18H19FN4O3. The Labute approximate surface area is 149 Å². The van der Waals surface area contributed by atoms with Gasteiger partial charge in [0.1, 0.15) is 18.2 Å². The van der Waals surface area contributed by atoms with E-state index >= 15 is 0 Å². The summed E-state index contributed by atoms with van der Waals surface area (Å²) in [5.74, 6) is 1.42.